The van der Waals surface area contributed by atoms with E-state index in [1.54, 1.807) is 0 Å². The first kappa shape index (κ1) is 11.5. The van der Waals surface area contributed by atoms with Crippen molar-refractivity contribution in [1.29, 1.82) is 0 Å². The van der Waals surface area contributed by atoms with Gasteiger partial charge in [0.2, 0.25) is 0 Å². The fourth-order valence-corrected chi connectivity index (χ4v) is 1.74. The predicted octanol–water partition coefficient (Wildman–Crippen LogP) is 4.03. The molecule has 0 radical (unpaired) electrons. The van der Waals surface area contributed by atoms with Crippen LogP contribution in [0, 0.1) is 0 Å². The van der Waals surface area contributed by atoms with E-state index in [1.807, 2.05) is 19.2 Å². The first-order chi connectivity index (χ1) is 8.31. The Balaban J connectivity index is 2.13. The SMILES string of the molecule is CCc1ccc(Nc2cccc(NC)c2)cc1. The molecule has 0 heterocycles. The van der Waals surface area contributed by atoms with Gasteiger partial charge in [-0.15, -0.1) is 0 Å². The van der Waals surface area contributed by atoms with E-state index in [-0.39, 0.29) is 0 Å². The number of hydrogen-bond donors (Lipinski definition) is 2. The van der Waals surface area contributed by atoms with E-state index in [0.29, 0.717) is 0 Å². The van der Waals surface area contributed by atoms with Crippen LogP contribution in [0.2, 0.25) is 0 Å². The third kappa shape index (κ3) is 3.00. The molecule has 0 aliphatic heterocycles. The van der Waals surface area contributed by atoms with Crippen LogP contribution in [-0.2, 0) is 6.42 Å². The number of anilines is 3. The summed E-state index contributed by atoms with van der Waals surface area (Å²) in [6.07, 6.45) is 1.08. The van der Waals surface area contributed by atoms with Crippen molar-refractivity contribution in [2.75, 3.05) is 17.7 Å². The number of benzene rings is 2. The summed E-state index contributed by atoms with van der Waals surface area (Å²) in [7, 11) is 1.93. The molecule has 0 aliphatic rings. The molecular weight excluding hydrogens is 208 g/mol. The van der Waals surface area contributed by atoms with Gasteiger partial charge in [0.1, 0.15) is 0 Å². The van der Waals surface area contributed by atoms with Gasteiger partial charge in [0, 0.05) is 24.1 Å². The zero-order valence-corrected chi connectivity index (χ0v) is 10.3. The van der Waals surface area contributed by atoms with E-state index in [1.165, 1.54) is 5.56 Å². The molecule has 0 fully saturated rings. The summed E-state index contributed by atoms with van der Waals surface area (Å²) >= 11 is 0. The van der Waals surface area contributed by atoms with E-state index in [4.69, 9.17) is 0 Å². The summed E-state index contributed by atoms with van der Waals surface area (Å²) in [5.41, 5.74) is 4.69. The lowest BCUT2D eigenvalue weighted by Gasteiger charge is -2.08. The highest BCUT2D eigenvalue weighted by molar-refractivity contribution is 5.64. The van der Waals surface area contributed by atoms with Crippen LogP contribution >= 0.6 is 0 Å². The molecule has 0 saturated carbocycles. The average Bonchev–Trinajstić information content (AvgIpc) is 2.40. The minimum Gasteiger partial charge on any atom is -0.388 e. The number of rotatable bonds is 4. The van der Waals surface area contributed by atoms with Gasteiger partial charge in [0.15, 0.2) is 0 Å². The second-order valence-corrected chi connectivity index (χ2v) is 4.01. The minimum absolute atomic E-state index is 1.08. The summed E-state index contributed by atoms with van der Waals surface area (Å²) < 4.78 is 0. The van der Waals surface area contributed by atoms with Gasteiger partial charge < -0.3 is 10.6 Å². The third-order valence-corrected chi connectivity index (χ3v) is 2.80. The summed E-state index contributed by atoms with van der Waals surface area (Å²) in [5, 5.41) is 6.52. The lowest BCUT2D eigenvalue weighted by molar-refractivity contribution is 1.14. The molecule has 2 nitrogen and oxygen atoms in total. The molecule has 2 aromatic rings. The summed E-state index contributed by atoms with van der Waals surface area (Å²) in [6, 6.07) is 16.8. The van der Waals surface area contributed by atoms with Gasteiger partial charge in [0.05, 0.1) is 0 Å². The number of hydrogen-bond acceptors (Lipinski definition) is 2. The Bertz CT molecular complexity index is 475. The number of aryl methyl sites for hydroxylation is 1. The fraction of sp³-hybridized carbons (Fsp3) is 0.200. The highest BCUT2D eigenvalue weighted by Gasteiger charge is 1.96. The topological polar surface area (TPSA) is 24.1 Å². The molecule has 2 N–H and O–H groups in total. The molecule has 2 rings (SSSR count). The fourth-order valence-electron chi connectivity index (χ4n) is 1.74. The first-order valence-electron chi connectivity index (χ1n) is 5.95. The van der Waals surface area contributed by atoms with Gasteiger partial charge >= 0.3 is 0 Å². The molecule has 0 bridgehead atoms. The van der Waals surface area contributed by atoms with E-state index in [0.717, 1.165) is 23.5 Å². The van der Waals surface area contributed by atoms with Gasteiger partial charge in [0.25, 0.3) is 0 Å². The smallest absolute Gasteiger partial charge is 0.0404 e. The maximum Gasteiger partial charge on any atom is 0.0404 e. The molecular formula is C15H18N2. The van der Waals surface area contributed by atoms with E-state index in [2.05, 4.69) is 54.0 Å². The van der Waals surface area contributed by atoms with Crippen LogP contribution in [0.4, 0.5) is 17.1 Å². The minimum atomic E-state index is 1.08. The largest absolute Gasteiger partial charge is 0.388 e. The molecule has 0 aromatic heterocycles. The first-order valence-corrected chi connectivity index (χ1v) is 5.95. The Morgan fingerprint density at radius 1 is 0.882 bits per heavy atom. The van der Waals surface area contributed by atoms with Crippen LogP contribution in [0.15, 0.2) is 48.5 Å². The Hall–Kier alpha value is -1.96. The van der Waals surface area contributed by atoms with Crippen LogP contribution in [0.5, 0.6) is 0 Å². The maximum atomic E-state index is 3.39. The predicted molar refractivity (Wildman–Crippen MR) is 75.1 cm³/mol. The quantitative estimate of drug-likeness (QED) is 0.822. The summed E-state index contributed by atoms with van der Waals surface area (Å²) in [4.78, 5) is 0. The Morgan fingerprint density at radius 3 is 2.24 bits per heavy atom. The molecule has 0 unspecified atom stereocenters. The van der Waals surface area contributed by atoms with Crippen molar-refractivity contribution in [2.24, 2.45) is 0 Å². The van der Waals surface area contributed by atoms with Crippen LogP contribution in [0.3, 0.4) is 0 Å². The molecule has 88 valence electrons. The van der Waals surface area contributed by atoms with E-state index < -0.39 is 0 Å². The Morgan fingerprint density at radius 2 is 1.59 bits per heavy atom. The molecule has 0 atom stereocenters. The van der Waals surface area contributed by atoms with Crippen LogP contribution in [0.25, 0.3) is 0 Å². The maximum absolute atomic E-state index is 3.39. The lowest BCUT2D eigenvalue weighted by atomic mass is 10.1. The van der Waals surface area contributed by atoms with Crippen molar-refractivity contribution in [2.45, 2.75) is 13.3 Å². The summed E-state index contributed by atoms with van der Waals surface area (Å²) in [6.45, 7) is 2.17. The number of nitrogens with one attached hydrogen (secondary N) is 2. The van der Waals surface area contributed by atoms with Crippen molar-refractivity contribution in [1.82, 2.24) is 0 Å². The van der Waals surface area contributed by atoms with Gasteiger partial charge in [-0.05, 0) is 42.3 Å². The molecule has 0 aliphatic carbocycles. The van der Waals surface area contributed by atoms with Gasteiger partial charge in [-0.2, -0.15) is 0 Å². The average molecular weight is 226 g/mol. The Labute approximate surface area is 103 Å². The molecule has 2 aromatic carbocycles. The van der Waals surface area contributed by atoms with Crippen molar-refractivity contribution in [3.63, 3.8) is 0 Å². The Kier molecular flexibility index (Phi) is 3.66. The second-order valence-electron chi connectivity index (χ2n) is 4.01. The van der Waals surface area contributed by atoms with Crippen LogP contribution in [-0.4, -0.2) is 7.05 Å². The monoisotopic (exact) mass is 226 g/mol. The van der Waals surface area contributed by atoms with E-state index >= 15 is 0 Å². The molecule has 0 saturated heterocycles. The standard InChI is InChI=1S/C15H18N2/c1-3-12-7-9-13(10-8-12)17-15-6-4-5-14(11-15)16-2/h4-11,16-17H,3H2,1-2H3. The summed E-state index contributed by atoms with van der Waals surface area (Å²) in [5.74, 6) is 0. The highest BCUT2D eigenvalue weighted by atomic mass is 14.9. The van der Waals surface area contributed by atoms with Crippen molar-refractivity contribution >= 4 is 17.1 Å². The third-order valence-electron chi connectivity index (χ3n) is 2.80. The van der Waals surface area contributed by atoms with Crippen LogP contribution < -0.4 is 10.6 Å². The second kappa shape index (κ2) is 5.39. The molecule has 17 heavy (non-hydrogen) atoms. The zero-order valence-electron chi connectivity index (χ0n) is 10.3. The molecule has 2 heteroatoms. The van der Waals surface area contributed by atoms with Crippen molar-refractivity contribution in [3.8, 4) is 0 Å². The van der Waals surface area contributed by atoms with Gasteiger partial charge in [-0.1, -0.05) is 25.1 Å². The molecule has 0 spiro atoms. The van der Waals surface area contributed by atoms with Crippen molar-refractivity contribution < 1.29 is 0 Å². The van der Waals surface area contributed by atoms with Crippen molar-refractivity contribution in [3.05, 3.63) is 54.1 Å². The normalized spacial score (nSPS) is 10.0. The molecule has 0 amide bonds. The zero-order chi connectivity index (χ0) is 12.1. The van der Waals surface area contributed by atoms with E-state index in [9.17, 15) is 0 Å². The van der Waals surface area contributed by atoms with Gasteiger partial charge in [-0.3, -0.25) is 0 Å². The van der Waals surface area contributed by atoms with Crippen LogP contribution in [0.1, 0.15) is 12.5 Å². The lowest BCUT2D eigenvalue weighted by Crippen LogP contribution is -1.93. The van der Waals surface area contributed by atoms with Gasteiger partial charge in [-0.25, -0.2) is 0 Å². The highest BCUT2D eigenvalue weighted by Crippen LogP contribution is 2.20.